The van der Waals surface area contributed by atoms with Gasteiger partial charge in [-0.3, -0.25) is 0 Å². The Morgan fingerprint density at radius 1 is 1.12 bits per heavy atom. The molecule has 0 amide bonds. The molecule has 2 N–H and O–H groups in total. The Hall–Kier alpha value is -2.10. The highest BCUT2D eigenvalue weighted by Gasteiger charge is 2.21. The zero-order valence-corrected chi connectivity index (χ0v) is 8.80. The van der Waals surface area contributed by atoms with Crippen LogP contribution in [0.5, 0.6) is 0 Å². The van der Waals surface area contributed by atoms with Crippen molar-refractivity contribution in [1.82, 2.24) is 9.97 Å². The lowest BCUT2D eigenvalue weighted by Crippen LogP contribution is -2.16. The Morgan fingerprint density at radius 2 is 1.88 bits per heavy atom. The SMILES string of the molecule is Nc1cnc(N2CCc3ccccc32)nc1. The number of hydrogen-bond acceptors (Lipinski definition) is 4. The summed E-state index contributed by atoms with van der Waals surface area (Å²) in [5.41, 5.74) is 8.72. The summed E-state index contributed by atoms with van der Waals surface area (Å²) in [4.78, 5) is 10.6. The van der Waals surface area contributed by atoms with Crippen molar-refractivity contribution in [3.63, 3.8) is 0 Å². The standard InChI is InChI=1S/C12H12N4/c13-10-7-14-12(15-8-10)16-6-5-9-3-1-2-4-11(9)16/h1-4,7-8H,5-6,13H2. The van der Waals surface area contributed by atoms with Gasteiger partial charge in [0.2, 0.25) is 5.95 Å². The molecule has 0 atom stereocenters. The van der Waals surface area contributed by atoms with Gasteiger partial charge in [-0.15, -0.1) is 0 Å². The molecule has 0 spiro atoms. The maximum absolute atomic E-state index is 5.58. The van der Waals surface area contributed by atoms with Gasteiger partial charge in [0.25, 0.3) is 0 Å². The summed E-state index contributed by atoms with van der Waals surface area (Å²) >= 11 is 0. The van der Waals surface area contributed by atoms with Crippen LogP contribution in [0.3, 0.4) is 0 Å². The third-order valence-electron chi connectivity index (χ3n) is 2.79. The van der Waals surface area contributed by atoms with Crippen molar-refractivity contribution >= 4 is 17.3 Å². The molecule has 0 unspecified atom stereocenters. The summed E-state index contributed by atoms with van der Waals surface area (Å²) in [6.07, 6.45) is 4.33. The van der Waals surface area contributed by atoms with Crippen LogP contribution in [-0.4, -0.2) is 16.5 Å². The van der Waals surface area contributed by atoms with Gasteiger partial charge in [-0.05, 0) is 18.1 Å². The fourth-order valence-corrected chi connectivity index (χ4v) is 2.02. The minimum atomic E-state index is 0.594. The molecule has 2 aromatic rings. The first kappa shape index (κ1) is 9.15. The molecule has 0 saturated heterocycles. The number of nitrogens with zero attached hydrogens (tertiary/aromatic N) is 3. The summed E-state index contributed by atoms with van der Waals surface area (Å²) in [5, 5.41) is 0. The summed E-state index contributed by atoms with van der Waals surface area (Å²) in [6.45, 7) is 0.934. The maximum Gasteiger partial charge on any atom is 0.229 e. The van der Waals surface area contributed by atoms with E-state index in [0.29, 0.717) is 5.69 Å². The van der Waals surface area contributed by atoms with E-state index in [4.69, 9.17) is 5.73 Å². The smallest absolute Gasteiger partial charge is 0.229 e. The van der Waals surface area contributed by atoms with Crippen LogP contribution >= 0.6 is 0 Å². The Bertz CT molecular complexity index is 507. The monoisotopic (exact) mass is 212 g/mol. The molecule has 80 valence electrons. The molecule has 0 bridgehead atoms. The lowest BCUT2D eigenvalue weighted by molar-refractivity contribution is 0.941. The number of aromatic nitrogens is 2. The Morgan fingerprint density at radius 3 is 2.69 bits per heavy atom. The van der Waals surface area contributed by atoms with Gasteiger partial charge in [0.15, 0.2) is 0 Å². The van der Waals surface area contributed by atoms with Crippen molar-refractivity contribution in [2.75, 3.05) is 17.2 Å². The number of hydrogen-bond donors (Lipinski definition) is 1. The molecule has 0 saturated carbocycles. The zero-order valence-electron chi connectivity index (χ0n) is 8.80. The Balaban J connectivity index is 2.01. The van der Waals surface area contributed by atoms with Crippen LogP contribution in [0.1, 0.15) is 5.56 Å². The summed E-state index contributed by atoms with van der Waals surface area (Å²) in [5.74, 6) is 0.721. The predicted molar refractivity (Wildman–Crippen MR) is 63.6 cm³/mol. The lowest BCUT2D eigenvalue weighted by atomic mass is 10.2. The number of rotatable bonds is 1. The van der Waals surface area contributed by atoms with Gasteiger partial charge in [0.1, 0.15) is 0 Å². The molecule has 0 radical (unpaired) electrons. The highest BCUT2D eigenvalue weighted by atomic mass is 15.3. The largest absolute Gasteiger partial charge is 0.396 e. The first-order valence-electron chi connectivity index (χ1n) is 5.27. The number of fused-ring (bicyclic) bond motifs is 1. The summed E-state index contributed by atoms with van der Waals surface area (Å²) in [7, 11) is 0. The predicted octanol–water partition coefficient (Wildman–Crippen LogP) is 1.75. The normalized spacial score (nSPS) is 13.9. The zero-order chi connectivity index (χ0) is 11.0. The molecule has 2 heterocycles. The van der Waals surface area contributed by atoms with Gasteiger partial charge in [-0.1, -0.05) is 18.2 Å². The molecule has 16 heavy (non-hydrogen) atoms. The molecule has 1 aliphatic rings. The highest BCUT2D eigenvalue weighted by molar-refractivity contribution is 5.65. The molecule has 0 fully saturated rings. The van der Waals surface area contributed by atoms with Crippen LogP contribution < -0.4 is 10.6 Å². The average molecular weight is 212 g/mol. The number of anilines is 3. The molecule has 4 nitrogen and oxygen atoms in total. The number of para-hydroxylation sites is 1. The summed E-state index contributed by atoms with van der Waals surface area (Å²) < 4.78 is 0. The van der Waals surface area contributed by atoms with Gasteiger partial charge in [0, 0.05) is 12.2 Å². The molecule has 1 aromatic carbocycles. The van der Waals surface area contributed by atoms with E-state index in [-0.39, 0.29) is 0 Å². The van der Waals surface area contributed by atoms with E-state index in [1.165, 1.54) is 11.3 Å². The molecule has 4 heteroatoms. The van der Waals surface area contributed by atoms with Crippen molar-refractivity contribution < 1.29 is 0 Å². The van der Waals surface area contributed by atoms with Crippen LogP contribution in [0, 0.1) is 0 Å². The number of benzene rings is 1. The van der Waals surface area contributed by atoms with Crippen LogP contribution in [-0.2, 0) is 6.42 Å². The van der Waals surface area contributed by atoms with Crippen molar-refractivity contribution in [2.45, 2.75) is 6.42 Å². The molecule has 3 rings (SSSR count). The number of nitrogen functional groups attached to an aromatic ring is 1. The third kappa shape index (κ3) is 1.39. The quantitative estimate of drug-likeness (QED) is 0.782. The Labute approximate surface area is 93.8 Å². The van der Waals surface area contributed by atoms with E-state index in [9.17, 15) is 0 Å². The van der Waals surface area contributed by atoms with Crippen LogP contribution in [0.2, 0.25) is 0 Å². The minimum Gasteiger partial charge on any atom is -0.396 e. The Kier molecular flexibility index (Phi) is 1.99. The molecule has 1 aliphatic heterocycles. The second-order valence-corrected chi connectivity index (χ2v) is 3.85. The minimum absolute atomic E-state index is 0.594. The fourth-order valence-electron chi connectivity index (χ4n) is 2.02. The van der Waals surface area contributed by atoms with Gasteiger partial charge in [-0.25, -0.2) is 9.97 Å². The topological polar surface area (TPSA) is 55.0 Å². The molecule has 1 aromatic heterocycles. The van der Waals surface area contributed by atoms with Crippen LogP contribution in [0.25, 0.3) is 0 Å². The van der Waals surface area contributed by atoms with Gasteiger partial charge < -0.3 is 10.6 Å². The van der Waals surface area contributed by atoms with E-state index in [2.05, 4.69) is 33.1 Å². The van der Waals surface area contributed by atoms with Crippen molar-refractivity contribution in [1.29, 1.82) is 0 Å². The first-order valence-corrected chi connectivity index (χ1v) is 5.27. The van der Waals surface area contributed by atoms with E-state index >= 15 is 0 Å². The molecule has 0 aliphatic carbocycles. The molecular formula is C12H12N4. The van der Waals surface area contributed by atoms with Gasteiger partial charge in [-0.2, -0.15) is 0 Å². The lowest BCUT2D eigenvalue weighted by Gasteiger charge is -2.16. The fraction of sp³-hybridized carbons (Fsp3) is 0.167. The van der Waals surface area contributed by atoms with Crippen LogP contribution in [0.15, 0.2) is 36.7 Å². The van der Waals surface area contributed by atoms with Gasteiger partial charge in [0.05, 0.1) is 18.1 Å². The first-order chi connectivity index (χ1) is 7.84. The van der Waals surface area contributed by atoms with Crippen molar-refractivity contribution in [3.05, 3.63) is 42.2 Å². The van der Waals surface area contributed by atoms with E-state index in [1.807, 2.05) is 6.07 Å². The van der Waals surface area contributed by atoms with E-state index in [0.717, 1.165) is 18.9 Å². The van der Waals surface area contributed by atoms with E-state index in [1.54, 1.807) is 12.4 Å². The second-order valence-electron chi connectivity index (χ2n) is 3.85. The second kappa shape index (κ2) is 3.48. The average Bonchev–Trinajstić information content (AvgIpc) is 2.74. The van der Waals surface area contributed by atoms with Crippen molar-refractivity contribution in [2.24, 2.45) is 0 Å². The van der Waals surface area contributed by atoms with Crippen LogP contribution in [0.4, 0.5) is 17.3 Å². The molecular weight excluding hydrogens is 200 g/mol. The highest BCUT2D eigenvalue weighted by Crippen LogP contribution is 2.31. The summed E-state index contributed by atoms with van der Waals surface area (Å²) in [6, 6.07) is 8.34. The third-order valence-corrected chi connectivity index (χ3v) is 2.79. The number of nitrogens with two attached hydrogens (primary N) is 1. The van der Waals surface area contributed by atoms with Gasteiger partial charge >= 0.3 is 0 Å². The van der Waals surface area contributed by atoms with Crippen molar-refractivity contribution in [3.8, 4) is 0 Å². The maximum atomic E-state index is 5.58. The van der Waals surface area contributed by atoms with E-state index < -0.39 is 0 Å².